The van der Waals surface area contributed by atoms with Crippen LogP contribution in [0, 0.1) is 0 Å². The summed E-state index contributed by atoms with van der Waals surface area (Å²) in [5.74, 6) is -0.193. The summed E-state index contributed by atoms with van der Waals surface area (Å²) in [6, 6.07) is 0. The van der Waals surface area contributed by atoms with Gasteiger partial charge in [-0.3, -0.25) is 4.57 Å². The largest absolute Gasteiger partial charge is 0.394 e. The van der Waals surface area contributed by atoms with Gasteiger partial charge in [0.1, 0.15) is 12.4 Å². The predicted molar refractivity (Wildman–Crippen MR) is 60.5 cm³/mol. The molecular weight excluding hydrogens is 244 g/mol. The summed E-state index contributed by atoms with van der Waals surface area (Å²) in [5.41, 5.74) is 4.49. The smallest absolute Gasteiger partial charge is 0.354 e. The van der Waals surface area contributed by atoms with Crippen LogP contribution in [0.3, 0.4) is 0 Å². The van der Waals surface area contributed by atoms with Crippen molar-refractivity contribution in [3.63, 3.8) is 0 Å². The Bertz CT molecular complexity index is 431. The molecular formula is C9H16N4O5. The zero-order valence-electron chi connectivity index (χ0n) is 9.80. The fourth-order valence-corrected chi connectivity index (χ4v) is 1.28. The summed E-state index contributed by atoms with van der Waals surface area (Å²) >= 11 is 0. The van der Waals surface area contributed by atoms with Crippen molar-refractivity contribution in [2.24, 2.45) is 0 Å². The lowest BCUT2D eigenvalue weighted by atomic mass is 10.3. The van der Waals surface area contributed by atoms with Crippen molar-refractivity contribution in [3.05, 3.63) is 16.8 Å². The first kappa shape index (κ1) is 14.5. The first-order valence-corrected chi connectivity index (χ1v) is 5.25. The van der Waals surface area contributed by atoms with Crippen molar-refractivity contribution < 1.29 is 20.1 Å². The maximum atomic E-state index is 11.6. The molecule has 9 nitrogen and oxygen atoms in total. The number of aromatic nitrogens is 3. The van der Waals surface area contributed by atoms with Crippen LogP contribution < -0.4 is 11.4 Å². The second kappa shape index (κ2) is 6.40. The van der Waals surface area contributed by atoms with Crippen molar-refractivity contribution in [2.75, 3.05) is 18.9 Å². The molecule has 0 spiro atoms. The molecule has 5 N–H and O–H groups in total. The lowest BCUT2D eigenvalue weighted by Gasteiger charge is -2.25. The third kappa shape index (κ3) is 3.47. The van der Waals surface area contributed by atoms with E-state index in [1.165, 1.54) is 6.92 Å². The van der Waals surface area contributed by atoms with Crippen molar-refractivity contribution in [3.8, 4) is 0 Å². The van der Waals surface area contributed by atoms with Crippen molar-refractivity contribution >= 4 is 5.95 Å². The highest BCUT2D eigenvalue weighted by Crippen LogP contribution is 2.13. The normalized spacial score (nSPS) is 14.7. The van der Waals surface area contributed by atoms with Gasteiger partial charge in [-0.1, -0.05) is 0 Å². The lowest BCUT2D eigenvalue weighted by molar-refractivity contribution is -0.138. The van der Waals surface area contributed by atoms with Gasteiger partial charge < -0.3 is 25.8 Å². The number of nitrogens with zero attached hydrogens (tertiary/aromatic N) is 3. The average Bonchev–Trinajstić information content (AvgIpc) is 2.32. The average molecular weight is 260 g/mol. The molecule has 0 aromatic carbocycles. The first-order valence-electron chi connectivity index (χ1n) is 5.25. The van der Waals surface area contributed by atoms with Crippen LogP contribution in [0.5, 0.6) is 0 Å². The Morgan fingerprint density at radius 1 is 1.50 bits per heavy atom. The van der Waals surface area contributed by atoms with E-state index in [4.69, 9.17) is 20.7 Å². The number of aliphatic hydroxyl groups is 3. The van der Waals surface area contributed by atoms with E-state index in [2.05, 4.69) is 9.97 Å². The van der Waals surface area contributed by atoms with E-state index in [0.717, 1.165) is 10.9 Å². The molecule has 0 radical (unpaired) electrons. The third-order valence-electron chi connectivity index (χ3n) is 2.17. The summed E-state index contributed by atoms with van der Waals surface area (Å²) in [5, 5.41) is 27.4. The minimum Gasteiger partial charge on any atom is -0.394 e. The molecule has 0 amide bonds. The number of rotatable bonds is 6. The van der Waals surface area contributed by atoms with Crippen LogP contribution >= 0.6 is 0 Å². The van der Waals surface area contributed by atoms with Crippen LogP contribution in [0.4, 0.5) is 5.95 Å². The summed E-state index contributed by atoms with van der Waals surface area (Å²) < 4.78 is 6.14. The van der Waals surface area contributed by atoms with Crippen LogP contribution in [-0.4, -0.2) is 55.3 Å². The number of aliphatic hydroxyl groups excluding tert-OH is 3. The maximum Gasteiger partial charge on any atom is 0.354 e. The Morgan fingerprint density at radius 2 is 2.11 bits per heavy atom. The highest BCUT2D eigenvalue weighted by atomic mass is 16.5. The number of anilines is 1. The molecule has 102 valence electrons. The van der Waals surface area contributed by atoms with E-state index in [1.54, 1.807) is 0 Å². The van der Waals surface area contributed by atoms with Gasteiger partial charge in [-0.2, -0.15) is 4.98 Å². The molecule has 2 atom stereocenters. The van der Waals surface area contributed by atoms with Crippen LogP contribution in [0.15, 0.2) is 11.1 Å². The second-order valence-electron chi connectivity index (χ2n) is 3.66. The van der Waals surface area contributed by atoms with Crippen molar-refractivity contribution in [1.29, 1.82) is 0 Å². The molecule has 0 aliphatic carbocycles. The zero-order valence-corrected chi connectivity index (χ0v) is 9.80. The molecule has 0 bridgehead atoms. The number of nitrogens with two attached hydrogens (primary N) is 1. The van der Waals surface area contributed by atoms with Crippen LogP contribution in [0.1, 0.15) is 13.2 Å². The Hall–Kier alpha value is -1.55. The van der Waals surface area contributed by atoms with Gasteiger partial charge in [-0.25, -0.2) is 9.78 Å². The zero-order chi connectivity index (χ0) is 13.7. The minimum absolute atomic E-state index is 0.193. The first-order chi connectivity index (χ1) is 8.49. The molecule has 1 unspecified atom stereocenters. The van der Waals surface area contributed by atoms with Crippen LogP contribution in [0.2, 0.25) is 0 Å². The quantitative estimate of drug-likeness (QED) is 0.438. The van der Waals surface area contributed by atoms with Gasteiger partial charge in [0.05, 0.1) is 19.3 Å². The van der Waals surface area contributed by atoms with E-state index in [0.29, 0.717) is 0 Å². The second-order valence-corrected chi connectivity index (χ2v) is 3.66. The molecule has 1 aromatic rings. The minimum atomic E-state index is -1.12. The van der Waals surface area contributed by atoms with Crippen molar-refractivity contribution in [1.82, 2.24) is 14.5 Å². The topological polar surface area (TPSA) is 144 Å². The highest BCUT2D eigenvalue weighted by molar-refractivity contribution is 5.09. The molecule has 0 fully saturated rings. The van der Waals surface area contributed by atoms with Gasteiger partial charge in [0.25, 0.3) is 0 Å². The SMILES string of the molecule is CC(O)[C@@H](OC(CO)CO)n1cnc(N)nc1=O. The maximum absolute atomic E-state index is 11.6. The van der Waals surface area contributed by atoms with Gasteiger partial charge in [-0.15, -0.1) is 0 Å². The fourth-order valence-electron chi connectivity index (χ4n) is 1.28. The Kier molecular flexibility index (Phi) is 5.16. The molecule has 18 heavy (non-hydrogen) atoms. The molecule has 0 aliphatic heterocycles. The molecule has 9 heteroatoms. The van der Waals surface area contributed by atoms with Gasteiger partial charge in [0, 0.05) is 0 Å². The van der Waals surface area contributed by atoms with Gasteiger partial charge in [-0.05, 0) is 6.92 Å². The number of hydrogen-bond donors (Lipinski definition) is 4. The van der Waals surface area contributed by atoms with E-state index in [9.17, 15) is 9.90 Å². The van der Waals surface area contributed by atoms with Crippen molar-refractivity contribution in [2.45, 2.75) is 25.4 Å². The third-order valence-corrected chi connectivity index (χ3v) is 2.17. The lowest BCUT2D eigenvalue weighted by Crippen LogP contribution is -2.38. The number of ether oxygens (including phenoxy) is 1. The Balaban J connectivity index is 3.01. The fraction of sp³-hybridized carbons (Fsp3) is 0.667. The molecule has 0 saturated heterocycles. The van der Waals surface area contributed by atoms with E-state index in [-0.39, 0.29) is 5.95 Å². The van der Waals surface area contributed by atoms with Crippen LogP contribution in [-0.2, 0) is 4.74 Å². The van der Waals surface area contributed by atoms with Gasteiger partial charge in [0.15, 0.2) is 6.23 Å². The standard InChI is InChI=1S/C9H16N4O5/c1-5(16)7(18-6(2-14)3-15)13-4-11-8(10)12-9(13)17/h4-7,14-16H,2-3H2,1H3,(H2,10,12,17)/t5?,7-/m1/s1. The molecule has 1 rings (SSSR count). The Labute approximate surface area is 102 Å². The monoisotopic (exact) mass is 260 g/mol. The van der Waals surface area contributed by atoms with E-state index < -0.39 is 37.3 Å². The van der Waals surface area contributed by atoms with E-state index >= 15 is 0 Å². The molecule has 1 aromatic heterocycles. The molecule has 1 heterocycles. The molecule has 0 saturated carbocycles. The predicted octanol–water partition coefficient (Wildman–Crippen LogP) is -2.53. The van der Waals surface area contributed by atoms with Gasteiger partial charge >= 0.3 is 5.69 Å². The van der Waals surface area contributed by atoms with Gasteiger partial charge in [0.2, 0.25) is 5.95 Å². The summed E-state index contributed by atoms with van der Waals surface area (Å²) in [4.78, 5) is 18.6. The number of nitrogen functional groups attached to an aromatic ring is 1. The summed E-state index contributed by atoms with van der Waals surface area (Å²) in [6.07, 6.45) is -2.04. The summed E-state index contributed by atoms with van der Waals surface area (Å²) in [7, 11) is 0. The van der Waals surface area contributed by atoms with Crippen LogP contribution in [0.25, 0.3) is 0 Å². The number of hydrogen-bond acceptors (Lipinski definition) is 8. The summed E-state index contributed by atoms with van der Waals surface area (Å²) in [6.45, 7) is 0.480. The van der Waals surface area contributed by atoms with E-state index in [1.807, 2.05) is 0 Å². The highest BCUT2D eigenvalue weighted by Gasteiger charge is 2.23. The Morgan fingerprint density at radius 3 is 2.56 bits per heavy atom. The molecule has 0 aliphatic rings.